The molecule has 0 rings (SSSR count). The van der Waals surface area contributed by atoms with Crippen LogP contribution in [0.2, 0.25) is 0 Å². The van der Waals surface area contributed by atoms with Gasteiger partial charge in [0.1, 0.15) is 6.10 Å². The first-order valence-corrected chi connectivity index (χ1v) is 21.8. The van der Waals surface area contributed by atoms with Gasteiger partial charge in [0, 0.05) is 13.0 Å². The number of aliphatic hydroxyl groups is 1. The molecule has 0 aliphatic heterocycles. The quantitative estimate of drug-likeness (QED) is 0.0397. The number of unbranched alkanes of at least 4 members (excludes halogenated alkanes) is 31. The van der Waals surface area contributed by atoms with E-state index in [0.717, 1.165) is 19.3 Å². The second-order valence-corrected chi connectivity index (χ2v) is 14.8. The molecule has 48 heavy (non-hydrogen) atoms. The zero-order valence-corrected chi connectivity index (χ0v) is 32.8. The van der Waals surface area contributed by atoms with Gasteiger partial charge in [0.05, 0.1) is 13.2 Å². The van der Waals surface area contributed by atoms with E-state index in [1.807, 2.05) is 0 Å². The van der Waals surface area contributed by atoms with Gasteiger partial charge in [-0.1, -0.05) is 206 Å². The van der Waals surface area contributed by atoms with Crippen LogP contribution in [0.25, 0.3) is 0 Å². The summed E-state index contributed by atoms with van der Waals surface area (Å²) < 4.78 is 11.2. The summed E-state index contributed by atoms with van der Waals surface area (Å²) in [4.78, 5) is 12.2. The Bertz CT molecular complexity index is 633. The molecular formula is C44H86O4. The largest absolute Gasteiger partial charge is 0.457 e. The van der Waals surface area contributed by atoms with Gasteiger partial charge in [-0.25, -0.2) is 0 Å². The van der Waals surface area contributed by atoms with Crippen LogP contribution in [-0.2, 0) is 14.3 Å². The highest BCUT2D eigenvalue weighted by atomic mass is 16.6. The minimum Gasteiger partial charge on any atom is -0.457 e. The Labute approximate surface area is 301 Å². The Morgan fingerprint density at radius 2 is 0.812 bits per heavy atom. The van der Waals surface area contributed by atoms with E-state index in [1.54, 1.807) is 0 Å². The van der Waals surface area contributed by atoms with Crippen LogP contribution in [-0.4, -0.2) is 37.0 Å². The Hall–Kier alpha value is -0.870. The van der Waals surface area contributed by atoms with Crippen molar-refractivity contribution in [2.45, 2.75) is 245 Å². The second kappa shape index (κ2) is 42.3. The minimum absolute atomic E-state index is 0.166. The summed E-state index contributed by atoms with van der Waals surface area (Å²) in [6, 6.07) is 0. The normalized spacial score (nSPS) is 12.3. The van der Waals surface area contributed by atoms with Gasteiger partial charge in [0.25, 0.3) is 0 Å². The van der Waals surface area contributed by atoms with E-state index in [0.29, 0.717) is 19.6 Å². The molecule has 286 valence electrons. The molecule has 0 amide bonds. The Morgan fingerprint density at radius 1 is 0.479 bits per heavy atom. The highest BCUT2D eigenvalue weighted by Crippen LogP contribution is 2.15. The van der Waals surface area contributed by atoms with Crippen molar-refractivity contribution < 1.29 is 19.4 Å². The first kappa shape index (κ1) is 47.1. The Kier molecular flexibility index (Phi) is 41.5. The number of hydrogen-bond acceptors (Lipinski definition) is 4. The summed E-state index contributed by atoms with van der Waals surface area (Å²) >= 11 is 0. The van der Waals surface area contributed by atoms with Crippen LogP contribution in [0.4, 0.5) is 0 Å². The maximum Gasteiger partial charge on any atom is 0.306 e. The van der Waals surface area contributed by atoms with E-state index in [1.165, 1.54) is 199 Å². The molecule has 0 aromatic carbocycles. The average molecular weight is 679 g/mol. The van der Waals surface area contributed by atoms with Crippen molar-refractivity contribution in [2.24, 2.45) is 0 Å². The third-order valence-corrected chi connectivity index (χ3v) is 9.84. The van der Waals surface area contributed by atoms with Gasteiger partial charge in [0.2, 0.25) is 0 Å². The molecule has 0 saturated carbocycles. The number of carbonyl (C=O) groups is 1. The lowest BCUT2D eigenvalue weighted by Gasteiger charge is -2.16. The van der Waals surface area contributed by atoms with Gasteiger partial charge in [-0.2, -0.15) is 0 Å². The molecule has 0 saturated heterocycles. The fourth-order valence-corrected chi connectivity index (χ4v) is 6.56. The molecule has 0 spiro atoms. The molecule has 1 unspecified atom stereocenters. The lowest BCUT2D eigenvalue weighted by Crippen LogP contribution is -2.27. The van der Waals surface area contributed by atoms with Gasteiger partial charge < -0.3 is 14.6 Å². The predicted octanol–water partition coefficient (Wildman–Crippen LogP) is 14.2. The molecule has 0 aromatic heterocycles. The van der Waals surface area contributed by atoms with E-state index < -0.39 is 6.10 Å². The molecule has 0 aromatic rings. The van der Waals surface area contributed by atoms with Crippen molar-refractivity contribution in [3.05, 3.63) is 12.2 Å². The highest BCUT2D eigenvalue weighted by molar-refractivity contribution is 5.69. The maximum atomic E-state index is 12.2. The molecule has 0 heterocycles. The smallest absolute Gasteiger partial charge is 0.306 e. The number of ether oxygens (including phenoxy) is 2. The van der Waals surface area contributed by atoms with Crippen molar-refractivity contribution in [1.29, 1.82) is 0 Å². The SMILES string of the molecule is CCCCCCCC/C=C\CCCCCCCCCCCCOCC(CO)OC(=O)CCCCCCCCCCCCCCCCCC. The summed E-state index contributed by atoms with van der Waals surface area (Å²) in [5.41, 5.74) is 0. The number of allylic oxidation sites excluding steroid dienone is 2. The molecule has 1 N–H and O–H groups in total. The second-order valence-electron chi connectivity index (χ2n) is 14.8. The predicted molar refractivity (Wildman–Crippen MR) is 210 cm³/mol. The molecular weight excluding hydrogens is 592 g/mol. The van der Waals surface area contributed by atoms with Crippen LogP contribution in [0, 0.1) is 0 Å². The number of aliphatic hydroxyl groups excluding tert-OH is 1. The summed E-state index contributed by atoms with van der Waals surface area (Å²) in [6.07, 6.45) is 49.9. The summed E-state index contributed by atoms with van der Waals surface area (Å²) in [6.45, 7) is 5.38. The van der Waals surface area contributed by atoms with E-state index in [-0.39, 0.29) is 12.6 Å². The van der Waals surface area contributed by atoms with Gasteiger partial charge in [-0.05, 0) is 38.5 Å². The van der Waals surface area contributed by atoms with E-state index >= 15 is 0 Å². The van der Waals surface area contributed by atoms with Crippen LogP contribution < -0.4 is 0 Å². The summed E-state index contributed by atoms with van der Waals surface area (Å²) in [7, 11) is 0. The lowest BCUT2D eigenvalue weighted by atomic mass is 10.0. The highest BCUT2D eigenvalue weighted by Gasteiger charge is 2.13. The fourth-order valence-electron chi connectivity index (χ4n) is 6.56. The van der Waals surface area contributed by atoms with Crippen molar-refractivity contribution in [1.82, 2.24) is 0 Å². The Balaban J connectivity index is 3.37. The van der Waals surface area contributed by atoms with E-state index in [9.17, 15) is 9.90 Å². The molecule has 0 bridgehead atoms. The molecule has 1 atom stereocenters. The van der Waals surface area contributed by atoms with Crippen molar-refractivity contribution in [3.8, 4) is 0 Å². The topological polar surface area (TPSA) is 55.8 Å². The van der Waals surface area contributed by atoms with Gasteiger partial charge in [0.15, 0.2) is 0 Å². The van der Waals surface area contributed by atoms with Gasteiger partial charge in [-0.3, -0.25) is 4.79 Å². The van der Waals surface area contributed by atoms with Crippen LogP contribution in [0.3, 0.4) is 0 Å². The lowest BCUT2D eigenvalue weighted by molar-refractivity contribution is -0.154. The zero-order valence-electron chi connectivity index (χ0n) is 32.8. The van der Waals surface area contributed by atoms with Crippen LogP contribution >= 0.6 is 0 Å². The molecule has 4 nitrogen and oxygen atoms in total. The third-order valence-electron chi connectivity index (χ3n) is 9.84. The standard InChI is InChI=1S/C44H86O4/c1-3-5-7-9-11-13-15-17-19-21-22-23-24-26-28-30-32-34-36-38-40-47-42-43(41-45)48-44(46)39-37-35-33-31-29-27-25-20-18-16-14-12-10-8-6-4-2/h17,19,43,45H,3-16,18,20-42H2,1-2H3/b19-17-. The summed E-state index contributed by atoms with van der Waals surface area (Å²) in [5.74, 6) is -0.196. The van der Waals surface area contributed by atoms with Crippen molar-refractivity contribution >= 4 is 5.97 Å². The monoisotopic (exact) mass is 679 g/mol. The van der Waals surface area contributed by atoms with Crippen molar-refractivity contribution in [2.75, 3.05) is 19.8 Å². The Morgan fingerprint density at radius 3 is 1.19 bits per heavy atom. The molecule has 0 aliphatic rings. The number of esters is 1. The van der Waals surface area contributed by atoms with E-state index in [4.69, 9.17) is 9.47 Å². The third kappa shape index (κ3) is 39.6. The number of hydrogen-bond donors (Lipinski definition) is 1. The molecule has 0 fully saturated rings. The maximum absolute atomic E-state index is 12.2. The average Bonchev–Trinajstić information content (AvgIpc) is 3.09. The first-order chi connectivity index (χ1) is 23.7. The van der Waals surface area contributed by atoms with Crippen LogP contribution in [0.1, 0.15) is 239 Å². The van der Waals surface area contributed by atoms with Gasteiger partial charge in [-0.15, -0.1) is 0 Å². The first-order valence-electron chi connectivity index (χ1n) is 21.8. The molecule has 4 heteroatoms. The van der Waals surface area contributed by atoms with Gasteiger partial charge >= 0.3 is 5.97 Å². The minimum atomic E-state index is -0.528. The number of rotatable bonds is 41. The van der Waals surface area contributed by atoms with Crippen LogP contribution in [0.15, 0.2) is 12.2 Å². The van der Waals surface area contributed by atoms with Crippen LogP contribution in [0.5, 0.6) is 0 Å². The van der Waals surface area contributed by atoms with E-state index in [2.05, 4.69) is 26.0 Å². The summed E-state index contributed by atoms with van der Waals surface area (Å²) in [5, 5.41) is 9.60. The number of carbonyl (C=O) groups excluding carboxylic acids is 1. The molecule has 0 radical (unpaired) electrons. The molecule has 0 aliphatic carbocycles. The fraction of sp³-hybridized carbons (Fsp3) is 0.932. The zero-order chi connectivity index (χ0) is 34.9. The van der Waals surface area contributed by atoms with Crippen molar-refractivity contribution in [3.63, 3.8) is 0 Å².